The van der Waals surface area contributed by atoms with Gasteiger partial charge in [-0.2, -0.15) is 12.6 Å². The van der Waals surface area contributed by atoms with Crippen molar-refractivity contribution in [2.45, 2.75) is 25.6 Å². The minimum atomic E-state index is -0.951. The van der Waals surface area contributed by atoms with Crippen LogP contribution in [-0.2, 0) is 0 Å². The molecule has 1 aromatic heterocycles. The summed E-state index contributed by atoms with van der Waals surface area (Å²) >= 11 is 3.99. The summed E-state index contributed by atoms with van der Waals surface area (Å²) in [5, 5.41) is 19.3. The molecule has 0 spiro atoms. The van der Waals surface area contributed by atoms with Crippen molar-refractivity contribution in [2.75, 3.05) is 11.5 Å². The third-order valence-electron chi connectivity index (χ3n) is 2.28. The van der Waals surface area contributed by atoms with Crippen LogP contribution < -0.4 is 5.73 Å². The van der Waals surface area contributed by atoms with Crippen LogP contribution in [0.25, 0.3) is 0 Å². The maximum absolute atomic E-state index is 9.76. The van der Waals surface area contributed by atoms with Crippen molar-refractivity contribution in [1.29, 1.82) is 0 Å². The molecule has 0 aliphatic carbocycles. The predicted octanol–water partition coefficient (Wildman–Crippen LogP) is 0.686. The average molecular weight is 228 g/mol. The molecule has 15 heavy (non-hydrogen) atoms. The van der Waals surface area contributed by atoms with Crippen molar-refractivity contribution in [3.05, 3.63) is 23.5 Å². The van der Waals surface area contributed by atoms with Crippen molar-refractivity contribution in [3.8, 4) is 0 Å². The van der Waals surface area contributed by atoms with Crippen LogP contribution in [-0.4, -0.2) is 27.1 Å². The van der Waals surface area contributed by atoms with Crippen LogP contribution in [0.15, 0.2) is 12.3 Å². The molecule has 84 valence electrons. The van der Waals surface area contributed by atoms with Gasteiger partial charge in [0.1, 0.15) is 6.10 Å². The first-order valence-corrected chi connectivity index (χ1v) is 5.38. The Morgan fingerprint density at radius 1 is 1.53 bits per heavy atom. The molecular formula is C10H16N2O2S. The van der Waals surface area contributed by atoms with Gasteiger partial charge in [-0.3, -0.25) is 4.98 Å². The highest BCUT2D eigenvalue weighted by atomic mass is 32.1. The van der Waals surface area contributed by atoms with Gasteiger partial charge in [-0.25, -0.2) is 0 Å². The fraction of sp³-hybridized carbons (Fsp3) is 0.500. The predicted molar refractivity (Wildman–Crippen MR) is 62.8 cm³/mol. The van der Waals surface area contributed by atoms with E-state index < -0.39 is 12.2 Å². The van der Waals surface area contributed by atoms with Gasteiger partial charge in [0.05, 0.1) is 17.5 Å². The number of hydrogen-bond donors (Lipinski definition) is 4. The Balaban J connectivity index is 2.81. The van der Waals surface area contributed by atoms with E-state index in [9.17, 15) is 10.2 Å². The third-order valence-corrected chi connectivity index (χ3v) is 2.54. The summed E-state index contributed by atoms with van der Waals surface area (Å²) < 4.78 is 0. The van der Waals surface area contributed by atoms with E-state index in [4.69, 9.17) is 5.73 Å². The van der Waals surface area contributed by atoms with Crippen LogP contribution in [0.1, 0.15) is 23.8 Å². The second-order valence-corrected chi connectivity index (χ2v) is 3.91. The summed E-state index contributed by atoms with van der Waals surface area (Å²) in [5.74, 6) is 0.521. The number of nitrogens with two attached hydrogens (primary N) is 1. The first kappa shape index (κ1) is 12.3. The molecule has 4 nitrogen and oxygen atoms in total. The summed E-state index contributed by atoms with van der Waals surface area (Å²) in [6.07, 6.45) is 0.176. The van der Waals surface area contributed by atoms with Crippen LogP contribution in [0, 0.1) is 6.92 Å². The van der Waals surface area contributed by atoms with Crippen LogP contribution in [0.5, 0.6) is 0 Å². The lowest BCUT2D eigenvalue weighted by Crippen LogP contribution is -2.19. The minimum absolute atomic E-state index is 0.429. The van der Waals surface area contributed by atoms with Gasteiger partial charge in [-0.05, 0) is 25.2 Å². The number of anilines is 1. The Hall–Kier alpha value is -0.780. The van der Waals surface area contributed by atoms with Crippen LogP contribution in [0.2, 0.25) is 0 Å². The lowest BCUT2D eigenvalue weighted by atomic mass is 10.0. The van der Waals surface area contributed by atoms with Crippen molar-refractivity contribution < 1.29 is 10.2 Å². The normalized spacial score (nSPS) is 14.9. The van der Waals surface area contributed by atoms with Gasteiger partial charge >= 0.3 is 0 Å². The number of nitrogens with zero attached hydrogens (tertiary/aromatic N) is 1. The molecular weight excluding hydrogens is 212 g/mol. The fourth-order valence-corrected chi connectivity index (χ4v) is 1.51. The lowest BCUT2D eigenvalue weighted by molar-refractivity contribution is 0.0171. The summed E-state index contributed by atoms with van der Waals surface area (Å²) in [6, 6.07) is 1.63. The first-order valence-electron chi connectivity index (χ1n) is 4.75. The molecule has 2 unspecified atom stereocenters. The zero-order valence-corrected chi connectivity index (χ0v) is 9.48. The van der Waals surface area contributed by atoms with Crippen molar-refractivity contribution in [3.63, 3.8) is 0 Å². The molecule has 2 atom stereocenters. The summed E-state index contributed by atoms with van der Waals surface area (Å²) in [5.41, 5.74) is 7.43. The van der Waals surface area contributed by atoms with Crippen LogP contribution in [0.4, 0.5) is 5.69 Å². The maximum atomic E-state index is 9.76. The van der Waals surface area contributed by atoms with Gasteiger partial charge in [0, 0.05) is 11.8 Å². The van der Waals surface area contributed by atoms with Gasteiger partial charge in [0.15, 0.2) is 0 Å². The molecule has 0 amide bonds. The Bertz CT molecular complexity index is 333. The number of aliphatic hydroxyl groups excluding tert-OH is 2. The smallest absolute Gasteiger partial charge is 0.106 e. The Morgan fingerprint density at radius 2 is 2.20 bits per heavy atom. The van der Waals surface area contributed by atoms with E-state index >= 15 is 0 Å². The van der Waals surface area contributed by atoms with Gasteiger partial charge in [0.2, 0.25) is 0 Å². The third kappa shape index (κ3) is 3.09. The first-order chi connectivity index (χ1) is 7.06. The zero-order valence-electron chi connectivity index (χ0n) is 8.59. The Labute approximate surface area is 94.6 Å². The molecule has 0 saturated heterocycles. The standard InChI is InChI=1S/C10H16N2O2S/c1-6-8(11)4-7(5-12-6)10(14)9(13)2-3-15/h4-5,9-10,13-15H,2-3,11H2,1H3. The molecule has 1 aromatic rings. The molecule has 4 N–H and O–H groups in total. The highest BCUT2D eigenvalue weighted by molar-refractivity contribution is 7.80. The molecule has 0 radical (unpaired) electrons. The van der Waals surface area contributed by atoms with Gasteiger partial charge in [-0.1, -0.05) is 0 Å². The quantitative estimate of drug-likeness (QED) is 0.572. The van der Waals surface area contributed by atoms with E-state index in [1.54, 1.807) is 13.0 Å². The van der Waals surface area contributed by atoms with Gasteiger partial charge in [0.25, 0.3) is 0 Å². The van der Waals surface area contributed by atoms with E-state index in [1.165, 1.54) is 6.20 Å². The number of aryl methyl sites for hydroxylation is 1. The second-order valence-electron chi connectivity index (χ2n) is 3.47. The Morgan fingerprint density at radius 3 is 2.73 bits per heavy atom. The van der Waals surface area contributed by atoms with E-state index in [-0.39, 0.29) is 0 Å². The number of hydrogen-bond acceptors (Lipinski definition) is 5. The van der Waals surface area contributed by atoms with Gasteiger partial charge in [-0.15, -0.1) is 0 Å². The monoisotopic (exact) mass is 228 g/mol. The molecule has 0 saturated carbocycles. The molecule has 1 heterocycles. The SMILES string of the molecule is Cc1ncc(C(O)C(O)CCS)cc1N. The molecule has 0 fully saturated rings. The number of aliphatic hydroxyl groups is 2. The molecule has 0 aliphatic rings. The number of nitrogen functional groups attached to an aromatic ring is 1. The van der Waals surface area contributed by atoms with E-state index in [0.29, 0.717) is 23.4 Å². The van der Waals surface area contributed by atoms with Crippen LogP contribution in [0.3, 0.4) is 0 Å². The molecule has 0 aliphatic heterocycles. The molecule has 0 bridgehead atoms. The maximum Gasteiger partial charge on any atom is 0.106 e. The largest absolute Gasteiger partial charge is 0.397 e. The number of pyridine rings is 1. The average Bonchev–Trinajstić information content (AvgIpc) is 2.21. The highest BCUT2D eigenvalue weighted by Crippen LogP contribution is 2.21. The fourth-order valence-electron chi connectivity index (χ4n) is 1.24. The van der Waals surface area contributed by atoms with Crippen LogP contribution >= 0.6 is 12.6 Å². The second kappa shape index (κ2) is 5.34. The van der Waals surface area contributed by atoms with Crippen molar-refractivity contribution in [1.82, 2.24) is 4.98 Å². The van der Waals surface area contributed by atoms with Crippen molar-refractivity contribution in [2.24, 2.45) is 0 Å². The minimum Gasteiger partial charge on any atom is -0.397 e. The molecule has 0 aromatic carbocycles. The number of rotatable bonds is 4. The highest BCUT2D eigenvalue weighted by Gasteiger charge is 2.18. The summed E-state index contributed by atoms with van der Waals surface area (Å²) in [4.78, 5) is 4.03. The number of thiol groups is 1. The van der Waals surface area contributed by atoms with E-state index in [2.05, 4.69) is 17.6 Å². The molecule has 5 heteroatoms. The zero-order chi connectivity index (χ0) is 11.4. The topological polar surface area (TPSA) is 79.4 Å². The summed E-state index contributed by atoms with van der Waals surface area (Å²) in [7, 11) is 0. The van der Waals surface area contributed by atoms with E-state index in [1.807, 2.05) is 0 Å². The van der Waals surface area contributed by atoms with Gasteiger partial charge < -0.3 is 15.9 Å². The lowest BCUT2D eigenvalue weighted by Gasteiger charge is -2.17. The number of aromatic nitrogens is 1. The molecule has 1 rings (SSSR count). The summed E-state index contributed by atoms with van der Waals surface area (Å²) in [6.45, 7) is 1.79. The van der Waals surface area contributed by atoms with E-state index in [0.717, 1.165) is 5.69 Å². The van der Waals surface area contributed by atoms with Crippen molar-refractivity contribution >= 4 is 18.3 Å². The Kier molecular flexibility index (Phi) is 4.38.